The molecule has 0 radical (unpaired) electrons. The van der Waals surface area contributed by atoms with E-state index in [-0.39, 0.29) is 4.90 Å². The Hall–Kier alpha value is -1.88. The van der Waals surface area contributed by atoms with Gasteiger partial charge < -0.3 is 4.90 Å². The number of aromatic nitrogens is 1. The smallest absolute Gasteiger partial charge is 0.177 e. The number of benzene rings is 1. The van der Waals surface area contributed by atoms with Crippen LogP contribution in [0.25, 0.3) is 0 Å². The van der Waals surface area contributed by atoms with Gasteiger partial charge >= 0.3 is 0 Å². The van der Waals surface area contributed by atoms with Gasteiger partial charge in [-0.05, 0) is 30.5 Å². The molecule has 0 saturated carbocycles. The Morgan fingerprint density at radius 3 is 2.52 bits per heavy atom. The van der Waals surface area contributed by atoms with Gasteiger partial charge in [-0.1, -0.05) is 30.3 Å². The highest BCUT2D eigenvalue weighted by Gasteiger charge is 2.27. The first-order chi connectivity index (χ1) is 10.1. The summed E-state index contributed by atoms with van der Waals surface area (Å²) in [6.45, 7) is 0.949. The molecule has 1 aromatic carbocycles. The Bertz CT molecular complexity index is 712. The average Bonchev–Trinajstić information content (AvgIpc) is 2.97. The molecule has 4 nitrogen and oxygen atoms in total. The largest absolute Gasteiger partial charge is 0.350 e. The second-order valence-corrected chi connectivity index (χ2v) is 7.40. The lowest BCUT2D eigenvalue weighted by Gasteiger charge is -2.26. The topological polar surface area (TPSA) is 50.3 Å². The summed E-state index contributed by atoms with van der Waals surface area (Å²) in [4.78, 5) is 6.87. The molecule has 0 aliphatic carbocycles. The number of hydrogen-bond donors (Lipinski definition) is 0. The molecule has 1 aromatic heterocycles. The lowest BCUT2D eigenvalue weighted by atomic mass is 10.0. The van der Waals surface area contributed by atoms with Gasteiger partial charge in [-0.15, -0.1) is 0 Å². The van der Waals surface area contributed by atoms with Gasteiger partial charge in [-0.3, -0.25) is 0 Å². The van der Waals surface area contributed by atoms with E-state index < -0.39 is 9.84 Å². The maximum Gasteiger partial charge on any atom is 0.177 e. The van der Waals surface area contributed by atoms with Gasteiger partial charge in [-0.2, -0.15) is 0 Å². The van der Waals surface area contributed by atoms with Crippen LogP contribution in [0.2, 0.25) is 0 Å². The third-order valence-corrected chi connectivity index (χ3v) is 4.98. The molecule has 21 heavy (non-hydrogen) atoms. The van der Waals surface area contributed by atoms with Crippen molar-refractivity contribution in [3.8, 4) is 0 Å². The Kier molecular flexibility index (Phi) is 3.68. The van der Waals surface area contributed by atoms with Crippen molar-refractivity contribution in [1.29, 1.82) is 0 Å². The van der Waals surface area contributed by atoms with E-state index in [1.165, 1.54) is 18.0 Å². The summed E-state index contributed by atoms with van der Waals surface area (Å²) >= 11 is 0. The van der Waals surface area contributed by atoms with Crippen LogP contribution in [0.4, 0.5) is 5.82 Å². The molecular formula is C16H18N2O2S. The van der Waals surface area contributed by atoms with Gasteiger partial charge in [0.25, 0.3) is 0 Å². The molecule has 1 saturated heterocycles. The van der Waals surface area contributed by atoms with E-state index >= 15 is 0 Å². The molecule has 0 N–H and O–H groups in total. The minimum atomic E-state index is -3.19. The molecule has 5 heteroatoms. The second kappa shape index (κ2) is 5.48. The third-order valence-electron chi connectivity index (χ3n) is 3.88. The van der Waals surface area contributed by atoms with E-state index in [1.807, 2.05) is 18.2 Å². The van der Waals surface area contributed by atoms with Gasteiger partial charge in [0.05, 0.1) is 10.9 Å². The van der Waals surface area contributed by atoms with E-state index in [4.69, 9.17) is 0 Å². The summed E-state index contributed by atoms with van der Waals surface area (Å²) in [5, 5.41) is 0. The van der Waals surface area contributed by atoms with Crippen molar-refractivity contribution in [3.05, 3.63) is 54.2 Å². The molecule has 1 aliphatic heterocycles. The maximum absolute atomic E-state index is 11.5. The molecule has 0 bridgehead atoms. The fraction of sp³-hybridized carbons (Fsp3) is 0.312. The highest BCUT2D eigenvalue weighted by molar-refractivity contribution is 7.90. The molecule has 2 aromatic rings. The summed E-state index contributed by atoms with van der Waals surface area (Å²) in [5.41, 5.74) is 1.28. The van der Waals surface area contributed by atoms with Gasteiger partial charge in [0.15, 0.2) is 9.84 Å². The predicted octanol–water partition coefficient (Wildman–Crippen LogP) is 2.83. The number of hydrogen-bond acceptors (Lipinski definition) is 4. The van der Waals surface area contributed by atoms with E-state index in [0.29, 0.717) is 6.04 Å². The number of pyridine rings is 1. The van der Waals surface area contributed by atoms with E-state index in [1.54, 1.807) is 12.1 Å². The van der Waals surface area contributed by atoms with Crippen molar-refractivity contribution in [2.45, 2.75) is 23.8 Å². The first-order valence-electron chi connectivity index (χ1n) is 7.03. The van der Waals surface area contributed by atoms with Crippen LogP contribution in [0.3, 0.4) is 0 Å². The minimum Gasteiger partial charge on any atom is -0.350 e. The monoisotopic (exact) mass is 302 g/mol. The van der Waals surface area contributed by atoms with Crippen molar-refractivity contribution >= 4 is 15.7 Å². The zero-order chi connectivity index (χ0) is 14.9. The Balaban J connectivity index is 1.89. The van der Waals surface area contributed by atoms with Crippen molar-refractivity contribution in [2.24, 2.45) is 0 Å². The lowest BCUT2D eigenvalue weighted by Crippen LogP contribution is -2.23. The molecular weight excluding hydrogens is 284 g/mol. The zero-order valence-electron chi connectivity index (χ0n) is 11.9. The molecule has 0 spiro atoms. The Morgan fingerprint density at radius 2 is 1.90 bits per heavy atom. The summed E-state index contributed by atoms with van der Waals surface area (Å²) in [6.07, 6.45) is 4.87. The Labute approximate surface area is 125 Å². The molecule has 2 heterocycles. The van der Waals surface area contributed by atoms with E-state index in [9.17, 15) is 8.42 Å². The summed E-state index contributed by atoms with van der Waals surface area (Å²) in [5.74, 6) is 0.841. The fourth-order valence-corrected chi connectivity index (χ4v) is 3.38. The van der Waals surface area contributed by atoms with E-state index in [0.717, 1.165) is 25.2 Å². The highest BCUT2D eigenvalue weighted by Crippen LogP contribution is 2.35. The fourth-order valence-electron chi connectivity index (χ4n) is 2.82. The molecule has 110 valence electrons. The molecule has 1 unspecified atom stereocenters. The summed E-state index contributed by atoms with van der Waals surface area (Å²) in [6, 6.07) is 14.1. The first kappa shape index (κ1) is 14.1. The van der Waals surface area contributed by atoms with Crippen molar-refractivity contribution in [3.63, 3.8) is 0 Å². The van der Waals surface area contributed by atoms with Crippen LogP contribution in [-0.2, 0) is 9.84 Å². The second-order valence-electron chi connectivity index (χ2n) is 5.39. The van der Waals surface area contributed by atoms with Gasteiger partial charge in [0.2, 0.25) is 0 Å². The standard InChI is InChI=1S/C16H18N2O2S/c1-21(19,20)14-9-10-16(17-12-14)18-11-5-8-15(18)13-6-3-2-4-7-13/h2-4,6-7,9-10,12,15H,5,8,11H2,1H3. The first-order valence-corrected chi connectivity index (χ1v) is 8.92. The minimum absolute atomic E-state index is 0.265. The van der Waals surface area contributed by atoms with Crippen LogP contribution in [0.1, 0.15) is 24.4 Å². The SMILES string of the molecule is CS(=O)(=O)c1ccc(N2CCCC2c2ccccc2)nc1. The van der Waals surface area contributed by atoms with Crippen molar-refractivity contribution < 1.29 is 8.42 Å². The van der Waals surface area contributed by atoms with Gasteiger partial charge in [0, 0.05) is 19.0 Å². The Morgan fingerprint density at radius 1 is 1.14 bits per heavy atom. The molecule has 1 atom stereocenters. The normalized spacial score (nSPS) is 18.9. The zero-order valence-corrected chi connectivity index (χ0v) is 12.8. The van der Waals surface area contributed by atoms with Crippen LogP contribution < -0.4 is 4.90 Å². The predicted molar refractivity (Wildman–Crippen MR) is 83.1 cm³/mol. The number of nitrogens with zero attached hydrogens (tertiary/aromatic N) is 2. The summed E-state index contributed by atoms with van der Waals surface area (Å²) in [7, 11) is -3.19. The molecule has 0 amide bonds. The average molecular weight is 302 g/mol. The molecule has 3 rings (SSSR count). The van der Waals surface area contributed by atoms with Gasteiger partial charge in [0.1, 0.15) is 5.82 Å². The quantitative estimate of drug-likeness (QED) is 0.875. The highest BCUT2D eigenvalue weighted by atomic mass is 32.2. The number of anilines is 1. The number of sulfone groups is 1. The van der Waals surface area contributed by atoms with Crippen LogP contribution >= 0.6 is 0 Å². The van der Waals surface area contributed by atoms with Crippen molar-refractivity contribution in [1.82, 2.24) is 4.98 Å². The van der Waals surface area contributed by atoms with E-state index in [2.05, 4.69) is 22.0 Å². The number of rotatable bonds is 3. The molecule has 1 aliphatic rings. The lowest BCUT2D eigenvalue weighted by molar-refractivity contribution is 0.601. The third kappa shape index (κ3) is 2.93. The maximum atomic E-state index is 11.5. The van der Waals surface area contributed by atoms with Crippen LogP contribution in [-0.4, -0.2) is 26.2 Å². The van der Waals surface area contributed by atoms with Crippen LogP contribution in [0.5, 0.6) is 0 Å². The molecule has 1 fully saturated rings. The van der Waals surface area contributed by atoms with Crippen molar-refractivity contribution in [2.75, 3.05) is 17.7 Å². The van der Waals surface area contributed by atoms with Gasteiger partial charge in [-0.25, -0.2) is 13.4 Å². The van der Waals surface area contributed by atoms with Crippen LogP contribution in [0, 0.1) is 0 Å². The summed E-state index contributed by atoms with van der Waals surface area (Å²) < 4.78 is 23.0. The van der Waals surface area contributed by atoms with Crippen LogP contribution in [0.15, 0.2) is 53.6 Å².